The van der Waals surface area contributed by atoms with Gasteiger partial charge in [-0.3, -0.25) is 4.90 Å². The molecule has 0 saturated carbocycles. The summed E-state index contributed by atoms with van der Waals surface area (Å²) in [6.07, 6.45) is -0.287. The molecule has 0 aliphatic carbocycles. The van der Waals surface area contributed by atoms with Crippen LogP contribution in [0.1, 0.15) is 54.2 Å². The second-order valence-corrected chi connectivity index (χ2v) is 8.66. The third kappa shape index (κ3) is 6.88. The number of hydrogen-bond donors (Lipinski definition) is 0. The Morgan fingerprint density at radius 1 is 1.23 bits per heavy atom. The summed E-state index contributed by atoms with van der Waals surface area (Å²) in [5, 5.41) is 0. The molecule has 1 aromatic heterocycles. The minimum Gasteiger partial charge on any atom is -0.443 e. The van der Waals surface area contributed by atoms with Gasteiger partial charge < -0.3 is 9.64 Å². The molecule has 26 heavy (non-hydrogen) atoms. The lowest BCUT2D eigenvalue weighted by Gasteiger charge is -2.44. The number of aromatic nitrogens is 1. The minimum absolute atomic E-state index is 0.0814. The fourth-order valence-electron chi connectivity index (χ4n) is 2.98. The highest BCUT2D eigenvalue weighted by Crippen LogP contribution is 2.24. The van der Waals surface area contributed by atoms with Gasteiger partial charge in [-0.15, -0.1) is 0 Å². The SMILES string of the molecule is CCN(CC)CC(C(C)C)N(C(=O)OCc1cccc(Br)n1)C(C)(C)C. The second kappa shape index (κ2) is 10.3. The number of nitrogens with zero attached hydrogens (tertiary/aromatic N) is 3. The van der Waals surface area contributed by atoms with Gasteiger partial charge in [-0.05, 0) is 67.8 Å². The minimum atomic E-state index is -0.329. The summed E-state index contributed by atoms with van der Waals surface area (Å²) in [5.74, 6) is 0.325. The van der Waals surface area contributed by atoms with E-state index in [2.05, 4.69) is 74.3 Å². The number of ether oxygens (including phenoxy) is 1. The lowest BCUT2D eigenvalue weighted by atomic mass is 9.95. The fourth-order valence-corrected chi connectivity index (χ4v) is 3.36. The van der Waals surface area contributed by atoms with Crippen LogP contribution >= 0.6 is 15.9 Å². The van der Waals surface area contributed by atoms with E-state index in [0.717, 1.165) is 29.9 Å². The molecule has 1 atom stereocenters. The van der Waals surface area contributed by atoms with Crippen molar-refractivity contribution in [1.29, 1.82) is 0 Å². The summed E-state index contributed by atoms with van der Waals surface area (Å²) in [6, 6.07) is 5.68. The van der Waals surface area contributed by atoms with Crippen molar-refractivity contribution >= 4 is 22.0 Å². The highest BCUT2D eigenvalue weighted by atomic mass is 79.9. The zero-order chi connectivity index (χ0) is 19.9. The molecule has 0 fully saturated rings. The molecule has 1 aromatic rings. The standard InChI is InChI=1S/C20H34BrN3O2/c1-8-23(9-2)13-17(15(3)4)24(20(5,6)7)19(25)26-14-16-11-10-12-18(21)22-16/h10-12,15,17H,8-9,13-14H2,1-7H3. The van der Waals surface area contributed by atoms with Crippen molar-refractivity contribution in [2.75, 3.05) is 19.6 Å². The maximum atomic E-state index is 13.0. The number of halogens is 1. The smallest absolute Gasteiger partial charge is 0.410 e. The third-order valence-corrected chi connectivity index (χ3v) is 4.92. The molecule has 0 aromatic carbocycles. The lowest BCUT2D eigenvalue weighted by molar-refractivity contribution is 0.0160. The molecule has 1 heterocycles. The number of pyridine rings is 1. The Bertz CT molecular complexity index is 568. The molecular weight excluding hydrogens is 394 g/mol. The van der Waals surface area contributed by atoms with Crippen molar-refractivity contribution in [3.63, 3.8) is 0 Å². The quantitative estimate of drug-likeness (QED) is 0.550. The Morgan fingerprint density at radius 3 is 2.31 bits per heavy atom. The summed E-state index contributed by atoms with van der Waals surface area (Å²) < 4.78 is 6.37. The van der Waals surface area contributed by atoms with Crippen LogP contribution in [0.15, 0.2) is 22.8 Å². The number of carbonyl (C=O) groups is 1. The van der Waals surface area contributed by atoms with Crippen LogP contribution in [0.2, 0.25) is 0 Å². The summed E-state index contributed by atoms with van der Waals surface area (Å²) >= 11 is 3.35. The summed E-state index contributed by atoms with van der Waals surface area (Å²) in [4.78, 5) is 21.6. The average molecular weight is 428 g/mol. The maximum Gasteiger partial charge on any atom is 0.410 e. The molecule has 0 aliphatic rings. The van der Waals surface area contributed by atoms with Crippen molar-refractivity contribution in [2.24, 2.45) is 5.92 Å². The van der Waals surface area contributed by atoms with Crippen molar-refractivity contribution < 1.29 is 9.53 Å². The van der Waals surface area contributed by atoms with Gasteiger partial charge in [-0.1, -0.05) is 33.8 Å². The molecule has 148 valence electrons. The van der Waals surface area contributed by atoms with E-state index >= 15 is 0 Å². The largest absolute Gasteiger partial charge is 0.443 e. The zero-order valence-corrected chi connectivity index (χ0v) is 18.8. The molecule has 0 aliphatic heterocycles. The topological polar surface area (TPSA) is 45.7 Å². The highest BCUT2D eigenvalue weighted by molar-refractivity contribution is 9.10. The summed E-state index contributed by atoms with van der Waals surface area (Å²) in [6.45, 7) is 17.7. The van der Waals surface area contributed by atoms with E-state index < -0.39 is 0 Å². The molecule has 6 heteroatoms. The van der Waals surface area contributed by atoms with Crippen molar-refractivity contribution in [3.8, 4) is 0 Å². The Kier molecular flexibility index (Phi) is 9.04. The molecule has 1 rings (SSSR count). The molecule has 0 radical (unpaired) electrons. The third-order valence-electron chi connectivity index (χ3n) is 4.48. The molecule has 0 bridgehead atoms. The van der Waals surface area contributed by atoms with Crippen LogP contribution in [-0.2, 0) is 11.3 Å². The van der Waals surface area contributed by atoms with Crippen LogP contribution in [0, 0.1) is 5.92 Å². The first kappa shape index (κ1) is 22.9. The Labute approximate surface area is 167 Å². The fraction of sp³-hybridized carbons (Fsp3) is 0.700. The Balaban J connectivity index is 2.96. The van der Waals surface area contributed by atoms with E-state index in [1.165, 1.54) is 0 Å². The number of rotatable bonds is 8. The number of likely N-dealkylation sites (N-methyl/N-ethyl adjacent to an activating group) is 1. The van der Waals surface area contributed by atoms with Gasteiger partial charge in [0.2, 0.25) is 0 Å². The Hall–Kier alpha value is -1.14. The molecule has 0 spiro atoms. The van der Waals surface area contributed by atoms with Gasteiger partial charge in [0.05, 0.1) is 11.7 Å². The first-order valence-corrected chi connectivity index (χ1v) is 10.2. The van der Waals surface area contributed by atoms with Crippen LogP contribution in [0.3, 0.4) is 0 Å². The van der Waals surface area contributed by atoms with Gasteiger partial charge in [-0.2, -0.15) is 0 Å². The van der Waals surface area contributed by atoms with Crippen LogP contribution in [0.5, 0.6) is 0 Å². The second-order valence-electron chi connectivity index (χ2n) is 7.84. The number of carbonyl (C=O) groups excluding carboxylic acids is 1. The van der Waals surface area contributed by atoms with E-state index in [-0.39, 0.29) is 24.3 Å². The first-order chi connectivity index (χ1) is 12.1. The van der Waals surface area contributed by atoms with E-state index in [1.807, 2.05) is 23.1 Å². The molecule has 1 amide bonds. The van der Waals surface area contributed by atoms with E-state index in [9.17, 15) is 4.79 Å². The molecular formula is C20H34BrN3O2. The summed E-state index contributed by atoms with van der Waals surface area (Å²) in [7, 11) is 0. The normalized spacial score (nSPS) is 13.2. The van der Waals surface area contributed by atoms with Crippen molar-refractivity contribution in [3.05, 3.63) is 28.5 Å². The van der Waals surface area contributed by atoms with Crippen LogP contribution in [0.4, 0.5) is 4.79 Å². The molecule has 1 unspecified atom stereocenters. The van der Waals surface area contributed by atoms with Crippen LogP contribution < -0.4 is 0 Å². The van der Waals surface area contributed by atoms with E-state index in [1.54, 1.807) is 0 Å². The zero-order valence-electron chi connectivity index (χ0n) is 17.3. The predicted octanol–water partition coefficient (Wildman–Crippen LogP) is 4.95. The van der Waals surface area contributed by atoms with Crippen LogP contribution in [0.25, 0.3) is 0 Å². The van der Waals surface area contributed by atoms with Crippen molar-refractivity contribution in [2.45, 2.75) is 66.7 Å². The van der Waals surface area contributed by atoms with Gasteiger partial charge in [0.25, 0.3) is 0 Å². The number of hydrogen-bond acceptors (Lipinski definition) is 4. The lowest BCUT2D eigenvalue weighted by Crippen LogP contribution is -2.57. The Morgan fingerprint density at radius 2 is 1.85 bits per heavy atom. The van der Waals surface area contributed by atoms with Crippen molar-refractivity contribution in [1.82, 2.24) is 14.8 Å². The van der Waals surface area contributed by atoms with Gasteiger partial charge in [0.1, 0.15) is 11.2 Å². The van der Waals surface area contributed by atoms with Crippen LogP contribution in [-0.4, -0.2) is 52.1 Å². The van der Waals surface area contributed by atoms with E-state index in [4.69, 9.17) is 4.74 Å². The highest BCUT2D eigenvalue weighted by Gasteiger charge is 2.36. The van der Waals surface area contributed by atoms with Gasteiger partial charge in [0, 0.05) is 12.1 Å². The summed E-state index contributed by atoms with van der Waals surface area (Å²) in [5.41, 5.74) is 0.399. The molecule has 0 saturated heterocycles. The number of amides is 1. The monoisotopic (exact) mass is 427 g/mol. The van der Waals surface area contributed by atoms with E-state index in [0.29, 0.717) is 5.92 Å². The average Bonchev–Trinajstić information content (AvgIpc) is 2.55. The predicted molar refractivity (Wildman–Crippen MR) is 110 cm³/mol. The van der Waals surface area contributed by atoms with Gasteiger partial charge >= 0.3 is 6.09 Å². The molecule has 0 N–H and O–H groups in total. The maximum absolute atomic E-state index is 13.0. The van der Waals surface area contributed by atoms with Gasteiger partial charge in [-0.25, -0.2) is 9.78 Å². The first-order valence-electron chi connectivity index (χ1n) is 9.40. The molecule has 5 nitrogen and oxygen atoms in total. The van der Waals surface area contributed by atoms with Gasteiger partial charge in [0.15, 0.2) is 0 Å².